The Bertz CT molecular complexity index is 1290. The lowest BCUT2D eigenvalue weighted by Gasteiger charge is -2.43. The topological polar surface area (TPSA) is 51.2 Å². The second-order valence-electron chi connectivity index (χ2n) is 9.15. The number of anilines is 1. The van der Waals surface area contributed by atoms with Crippen LogP contribution in [0, 0.1) is 5.92 Å². The van der Waals surface area contributed by atoms with Gasteiger partial charge in [0.15, 0.2) is 11.9 Å². The second kappa shape index (κ2) is 11.3. The number of ether oxygens (including phenoxy) is 3. The zero-order valence-electron chi connectivity index (χ0n) is 20.6. The summed E-state index contributed by atoms with van der Waals surface area (Å²) in [6.45, 7) is -1.39. The summed E-state index contributed by atoms with van der Waals surface area (Å²) >= 11 is 0. The van der Waals surface area contributed by atoms with E-state index in [0.717, 1.165) is 29.2 Å². The summed E-state index contributed by atoms with van der Waals surface area (Å²) in [6.07, 6.45) is -18.4. The average Bonchev–Trinajstić information content (AvgIpc) is 2.87. The first-order chi connectivity index (χ1) is 19.0. The number of fused-ring (bicyclic) bond motifs is 1. The van der Waals surface area contributed by atoms with Crippen molar-refractivity contribution in [3.8, 4) is 22.6 Å². The standard InChI is InChI=1S/C26H21F10NO4/c27-23(28)25(32,33)40-16-6-2-5-15(11-16)20-13-39-22-18(14-4-1-7-17(10-14)41-26(34,35)36)8-3-9-19(22)37(20)12-21(38)24(29,30)31/h1-4,6-11,15,20-21,23,38H,5,12-13H2/t15-,20?,21+/m0/s1. The number of rotatable bonds is 8. The third kappa shape index (κ3) is 7.18. The maximum Gasteiger partial charge on any atom is 0.573 e. The average molecular weight is 601 g/mol. The van der Waals surface area contributed by atoms with E-state index in [1.807, 2.05) is 0 Å². The van der Waals surface area contributed by atoms with E-state index in [2.05, 4.69) is 9.47 Å². The lowest BCUT2D eigenvalue weighted by atomic mass is 9.89. The van der Waals surface area contributed by atoms with Crippen molar-refractivity contribution in [3.05, 3.63) is 66.5 Å². The third-order valence-corrected chi connectivity index (χ3v) is 6.30. The number of nitrogens with zero attached hydrogens (tertiary/aromatic N) is 1. The maximum atomic E-state index is 13.5. The fourth-order valence-electron chi connectivity index (χ4n) is 4.52. The summed E-state index contributed by atoms with van der Waals surface area (Å²) in [5.74, 6) is -2.09. The highest BCUT2D eigenvalue weighted by Crippen LogP contribution is 2.45. The van der Waals surface area contributed by atoms with Gasteiger partial charge >= 0.3 is 25.1 Å². The van der Waals surface area contributed by atoms with Crippen molar-refractivity contribution in [3.63, 3.8) is 0 Å². The highest BCUT2D eigenvalue weighted by Gasteiger charge is 2.46. The Morgan fingerprint density at radius 2 is 1.68 bits per heavy atom. The second-order valence-corrected chi connectivity index (χ2v) is 9.15. The Morgan fingerprint density at radius 1 is 0.976 bits per heavy atom. The SMILES string of the molecule is O[C@H](CN1c2cccc(-c3cccc(OC(F)(F)F)c3)c2OCC1[C@@H]1C=C(OC(F)(F)C(F)F)C=CC1)C(F)(F)F. The molecule has 41 heavy (non-hydrogen) atoms. The van der Waals surface area contributed by atoms with Gasteiger partial charge in [0.1, 0.15) is 18.1 Å². The smallest absolute Gasteiger partial charge is 0.489 e. The van der Waals surface area contributed by atoms with E-state index < -0.39 is 61.2 Å². The molecule has 1 unspecified atom stereocenters. The van der Waals surface area contributed by atoms with E-state index in [0.29, 0.717) is 0 Å². The Balaban J connectivity index is 1.72. The molecule has 1 aliphatic carbocycles. The largest absolute Gasteiger partial charge is 0.573 e. The molecule has 5 nitrogen and oxygen atoms in total. The molecule has 0 radical (unpaired) electrons. The van der Waals surface area contributed by atoms with Gasteiger partial charge in [0.25, 0.3) is 0 Å². The fourth-order valence-corrected chi connectivity index (χ4v) is 4.52. The van der Waals surface area contributed by atoms with Crippen LogP contribution in [0.4, 0.5) is 49.6 Å². The van der Waals surface area contributed by atoms with Gasteiger partial charge in [0.2, 0.25) is 0 Å². The van der Waals surface area contributed by atoms with Crippen LogP contribution in [0.15, 0.2) is 66.5 Å². The molecule has 3 atom stereocenters. The molecule has 0 saturated heterocycles. The van der Waals surface area contributed by atoms with Crippen molar-refractivity contribution in [1.82, 2.24) is 0 Å². The predicted molar refractivity (Wildman–Crippen MR) is 125 cm³/mol. The van der Waals surface area contributed by atoms with E-state index in [4.69, 9.17) is 4.74 Å². The minimum Gasteiger partial charge on any atom is -0.489 e. The molecular weight excluding hydrogens is 580 g/mol. The molecule has 1 aliphatic heterocycles. The number of alkyl halides is 10. The number of hydrogen-bond acceptors (Lipinski definition) is 5. The van der Waals surface area contributed by atoms with Crippen LogP contribution in [0.3, 0.4) is 0 Å². The van der Waals surface area contributed by atoms with Crippen molar-refractivity contribution >= 4 is 5.69 Å². The normalized spacial score (nSPS) is 20.3. The minimum absolute atomic E-state index is 0.0154. The minimum atomic E-state index is -5.04. The van der Waals surface area contributed by atoms with Crippen LogP contribution in [0.2, 0.25) is 0 Å². The first-order valence-electron chi connectivity index (χ1n) is 11.9. The molecule has 0 saturated carbocycles. The monoisotopic (exact) mass is 601 g/mol. The highest BCUT2D eigenvalue weighted by atomic mass is 19.4. The molecule has 0 aromatic heterocycles. The first kappa shape index (κ1) is 30.3. The van der Waals surface area contributed by atoms with Crippen molar-refractivity contribution in [2.75, 3.05) is 18.1 Å². The molecule has 1 N–H and O–H groups in total. The Labute approximate surface area is 226 Å². The fraction of sp³-hybridized carbons (Fsp3) is 0.385. The van der Waals surface area contributed by atoms with Crippen LogP contribution in [0.25, 0.3) is 11.1 Å². The number of β-amino-alcohol motifs (C(OH)–C–C–N with tert-alkyl or cyclic N) is 1. The molecule has 224 valence electrons. The summed E-state index contributed by atoms with van der Waals surface area (Å²) in [5.41, 5.74) is 0.385. The van der Waals surface area contributed by atoms with Crippen LogP contribution < -0.4 is 14.4 Å². The van der Waals surface area contributed by atoms with Crippen molar-refractivity contribution in [2.24, 2.45) is 5.92 Å². The number of aliphatic hydroxyl groups excluding tert-OH is 1. The van der Waals surface area contributed by atoms with Gasteiger partial charge < -0.3 is 24.2 Å². The molecule has 0 bridgehead atoms. The van der Waals surface area contributed by atoms with Gasteiger partial charge in [0, 0.05) is 11.5 Å². The van der Waals surface area contributed by atoms with Crippen molar-refractivity contribution in [2.45, 2.75) is 43.6 Å². The highest BCUT2D eigenvalue weighted by molar-refractivity contribution is 5.80. The van der Waals surface area contributed by atoms with Gasteiger partial charge in [-0.05, 0) is 42.3 Å². The van der Waals surface area contributed by atoms with Crippen LogP contribution >= 0.6 is 0 Å². The molecule has 15 heteroatoms. The quantitative estimate of drug-likeness (QED) is 0.328. The summed E-state index contributed by atoms with van der Waals surface area (Å²) < 4.78 is 145. The number of aliphatic hydroxyl groups is 1. The van der Waals surface area contributed by atoms with Gasteiger partial charge in [-0.15, -0.1) is 13.2 Å². The zero-order valence-corrected chi connectivity index (χ0v) is 20.6. The van der Waals surface area contributed by atoms with E-state index in [-0.39, 0.29) is 35.6 Å². The molecule has 0 amide bonds. The summed E-state index contributed by atoms with van der Waals surface area (Å²) in [4.78, 5) is 1.14. The molecule has 2 aromatic carbocycles. The van der Waals surface area contributed by atoms with Gasteiger partial charge in [-0.1, -0.05) is 30.3 Å². The third-order valence-electron chi connectivity index (χ3n) is 6.30. The molecule has 1 heterocycles. The molecular formula is C26H21F10NO4. The Hall–Kier alpha value is -3.62. The van der Waals surface area contributed by atoms with Crippen molar-refractivity contribution < 1.29 is 63.2 Å². The number of benzene rings is 2. The van der Waals surface area contributed by atoms with Crippen LogP contribution in [-0.2, 0) is 4.74 Å². The number of allylic oxidation sites excluding steroid dienone is 2. The van der Waals surface area contributed by atoms with E-state index in [1.165, 1.54) is 36.4 Å². The number of para-hydroxylation sites is 1. The summed E-state index contributed by atoms with van der Waals surface area (Å²) in [7, 11) is 0. The molecule has 2 aliphatic rings. The molecule has 0 fully saturated rings. The lowest BCUT2D eigenvalue weighted by Crippen LogP contribution is -2.52. The first-order valence-corrected chi connectivity index (χ1v) is 11.9. The van der Waals surface area contributed by atoms with Gasteiger partial charge in [-0.3, -0.25) is 0 Å². The van der Waals surface area contributed by atoms with Crippen LogP contribution in [-0.4, -0.2) is 55.5 Å². The Kier molecular flexibility index (Phi) is 8.39. The number of hydrogen-bond donors (Lipinski definition) is 1. The van der Waals surface area contributed by atoms with E-state index in [1.54, 1.807) is 0 Å². The van der Waals surface area contributed by atoms with Crippen LogP contribution in [0.5, 0.6) is 11.5 Å². The lowest BCUT2D eigenvalue weighted by molar-refractivity contribution is -0.280. The van der Waals surface area contributed by atoms with Crippen LogP contribution in [0.1, 0.15) is 6.42 Å². The molecule has 0 spiro atoms. The molecule has 4 rings (SSSR count). The van der Waals surface area contributed by atoms with Crippen molar-refractivity contribution in [1.29, 1.82) is 0 Å². The Morgan fingerprint density at radius 3 is 2.34 bits per heavy atom. The zero-order chi connectivity index (χ0) is 30.2. The van der Waals surface area contributed by atoms with Gasteiger partial charge in [0.05, 0.1) is 18.3 Å². The van der Waals surface area contributed by atoms with E-state index in [9.17, 15) is 49.0 Å². The number of halogens is 10. The summed E-state index contributed by atoms with van der Waals surface area (Å²) in [5, 5.41) is 9.91. The summed E-state index contributed by atoms with van der Waals surface area (Å²) in [6, 6.07) is 7.97. The van der Waals surface area contributed by atoms with Gasteiger partial charge in [-0.25, -0.2) is 0 Å². The molecule has 2 aromatic rings. The van der Waals surface area contributed by atoms with Gasteiger partial charge in [-0.2, -0.15) is 30.7 Å². The van der Waals surface area contributed by atoms with E-state index >= 15 is 0 Å². The maximum absolute atomic E-state index is 13.5. The predicted octanol–water partition coefficient (Wildman–Crippen LogP) is 7.08.